The Morgan fingerprint density at radius 2 is 2.00 bits per heavy atom. The van der Waals surface area contributed by atoms with E-state index in [4.69, 9.17) is 0 Å². The lowest BCUT2D eigenvalue weighted by molar-refractivity contribution is 0.0696. The summed E-state index contributed by atoms with van der Waals surface area (Å²) in [4.78, 5) is 27.7. The lowest BCUT2D eigenvalue weighted by Crippen LogP contribution is -2.23. The standard InChI is InChI=1S/C18H17N5O5S/c1-11-3-4-12(7-16(11)29(2,27)28)17(24)20-8-13-10-23(22-21-13)15-9-19-6-5-14(15)18(25)26/h3-7,9-10H,8H2,1-2H3,(H,20,24)(H,25,26). The topological polar surface area (TPSA) is 144 Å². The summed E-state index contributed by atoms with van der Waals surface area (Å²) in [6, 6.07) is 5.77. The van der Waals surface area contributed by atoms with Crippen molar-refractivity contribution in [3.05, 3.63) is 65.2 Å². The summed E-state index contributed by atoms with van der Waals surface area (Å²) in [6.07, 6.45) is 5.26. The van der Waals surface area contributed by atoms with Gasteiger partial charge in [0.15, 0.2) is 9.84 Å². The highest BCUT2D eigenvalue weighted by Crippen LogP contribution is 2.17. The number of carbonyl (C=O) groups is 2. The molecule has 0 aliphatic heterocycles. The lowest BCUT2D eigenvalue weighted by atomic mass is 10.1. The third-order valence-corrected chi connectivity index (χ3v) is 5.34. The predicted molar refractivity (Wildman–Crippen MR) is 102 cm³/mol. The molecule has 1 amide bonds. The Kier molecular flexibility index (Phi) is 5.41. The Bertz CT molecular complexity index is 1200. The third-order valence-electron chi connectivity index (χ3n) is 4.10. The van der Waals surface area contributed by atoms with Crippen LogP contribution in [-0.2, 0) is 16.4 Å². The molecule has 2 N–H and O–H groups in total. The Morgan fingerprint density at radius 1 is 1.24 bits per heavy atom. The Labute approximate surface area is 166 Å². The van der Waals surface area contributed by atoms with E-state index in [0.29, 0.717) is 11.3 Å². The highest BCUT2D eigenvalue weighted by atomic mass is 32.2. The van der Waals surface area contributed by atoms with Gasteiger partial charge in [0.2, 0.25) is 0 Å². The van der Waals surface area contributed by atoms with E-state index in [1.807, 2.05) is 0 Å². The molecule has 0 atom stereocenters. The number of aromatic carboxylic acids is 1. The largest absolute Gasteiger partial charge is 0.478 e. The number of amides is 1. The first-order valence-electron chi connectivity index (χ1n) is 8.34. The summed E-state index contributed by atoms with van der Waals surface area (Å²) in [5, 5.41) is 19.7. The minimum absolute atomic E-state index is 0.00782. The van der Waals surface area contributed by atoms with Crippen LogP contribution in [-0.4, -0.2) is 51.6 Å². The molecule has 11 heteroatoms. The second-order valence-corrected chi connectivity index (χ2v) is 8.27. The molecule has 0 aliphatic rings. The van der Waals surface area contributed by atoms with Crippen LogP contribution < -0.4 is 5.32 Å². The molecule has 0 saturated heterocycles. The molecule has 3 rings (SSSR count). The average Bonchev–Trinajstić information content (AvgIpc) is 3.14. The first kappa shape index (κ1) is 20.1. The van der Waals surface area contributed by atoms with Gasteiger partial charge in [0, 0.05) is 18.0 Å². The Balaban J connectivity index is 1.75. The van der Waals surface area contributed by atoms with E-state index in [2.05, 4.69) is 20.6 Å². The highest BCUT2D eigenvalue weighted by Gasteiger charge is 2.16. The molecule has 1 aromatic carbocycles. The van der Waals surface area contributed by atoms with Crippen molar-refractivity contribution in [3.8, 4) is 5.69 Å². The van der Waals surface area contributed by atoms with Gasteiger partial charge >= 0.3 is 5.97 Å². The van der Waals surface area contributed by atoms with Gasteiger partial charge in [-0.2, -0.15) is 0 Å². The van der Waals surface area contributed by atoms with E-state index in [0.717, 1.165) is 6.26 Å². The van der Waals surface area contributed by atoms with E-state index in [1.54, 1.807) is 13.0 Å². The second kappa shape index (κ2) is 7.80. The van der Waals surface area contributed by atoms with E-state index in [1.165, 1.54) is 41.5 Å². The zero-order valence-corrected chi connectivity index (χ0v) is 16.3. The van der Waals surface area contributed by atoms with Gasteiger partial charge in [-0.25, -0.2) is 17.9 Å². The van der Waals surface area contributed by atoms with E-state index in [-0.39, 0.29) is 28.3 Å². The maximum atomic E-state index is 12.4. The summed E-state index contributed by atoms with van der Waals surface area (Å²) in [7, 11) is -3.45. The van der Waals surface area contributed by atoms with E-state index in [9.17, 15) is 23.1 Å². The number of benzene rings is 1. The Hall–Kier alpha value is -3.60. The van der Waals surface area contributed by atoms with Crippen molar-refractivity contribution < 1.29 is 23.1 Å². The molecular weight excluding hydrogens is 398 g/mol. The van der Waals surface area contributed by atoms with Crippen LogP contribution in [0.1, 0.15) is 32.0 Å². The van der Waals surface area contributed by atoms with Crippen molar-refractivity contribution in [2.45, 2.75) is 18.4 Å². The minimum Gasteiger partial charge on any atom is -0.478 e. The molecule has 0 unspecified atom stereocenters. The molecule has 29 heavy (non-hydrogen) atoms. The molecule has 0 fully saturated rings. The van der Waals surface area contributed by atoms with Crippen LogP contribution in [0.2, 0.25) is 0 Å². The van der Waals surface area contributed by atoms with Gasteiger partial charge in [-0.1, -0.05) is 11.3 Å². The number of aromatic nitrogens is 4. The summed E-state index contributed by atoms with van der Waals surface area (Å²) in [5.74, 6) is -1.61. The number of rotatable bonds is 6. The van der Waals surface area contributed by atoms with Crippen LogP contribution in [0.5, 0.6) is 0 Å². The minimum atomic E-state index is -3.45. The van der Waals surface area contributed by atoms with Crippen molar-refractivity contribution in [3.63, 3.8) is 0 Å². The smallest absolute Gasteiger partial charge is 0.338 e. The van der Waals surface area contributed by atoms with Gasteiger partial charge in [-0.05, 0) is 30.7 Å². The lowest BCUT2D eigenvalue weighted by Gasteiger charge is -2.07. The molecule has 2 heterocycles. The molecule has 0 spiro atoms. The molecular formula is C18H17N5O5S. The van der Waals surface area contributed by atoms with Gasteiger partial charge in [-0.15, -0.1) is 5.10 Å². The number of nitrogens with one attached hydrogen (secondary N) is 1. The third kappa shape index (κ3) is 4.46. The number of aryl methyl sites for hydroxylation is 1. The molecule has 0 radical (unpaired) electrons. The normalized spacial score (nSPS) is 11.2. The fraction of sp³-hybridized carbons (Fsp3) is 0.167. The molecule has 3 aromatic rings. The average molecular weight is 415 g/mol. The van der Waals surface area contributed by atoms with Gasteiger partial charge in [-0.3, -0.25) is 9.78 Å². The quantitative estimate of drug-likeness (QED) is 0.607. The van der Waals surface area contributed by atoms with Crippen LogP contribution in [0.15, 0.2) is 47.8 Å². The van der Waals surface area contributed by atoms with Crippen LogP contribution in [0.25, 0.3) is 5.69 Å². The van der Waals surface area contributed by atoms with Crippen molar-refractivity contribution >= 4 is 21.7 Å². The van der Waals surface area contributed by atoms with Crippen molar-refractivity contribution in [2.75, 3.05) is 6.26 Å². The molecule has 10 nitrogen and oxygen atoms in total. The number of carboxylic acid groups (broad SMARTS) is 1. The number of hydrogen-bond acceptors (Lipinski definition) is 7. The maximum Gasteiger partial charge on any atom is 0.338 e. The number of sulfone groups is 1. The van der Waals surface area contributed by atoms with Crippen LogP contribution in [0.3, 0.4) is 0 Å². The molecule has 150 valence electrons. The van der Waals surface area contributed by atoms with Crippen molar-refractivity contribution in [1.82, 2.24) is 25.3 Å². The summed E-state index contributed by atoms with van der Waals surface area (Å²) >= 11 is 0. The van der Waals surface area contributed by atoms with E-state index < -0.39 is 21.7 Å². The van der Waals surface area contributed by atoms with Gasteiger partial charge in [0.25, 0.3) is 5.91 Å². The number of hydrogen-bond donors (Lipinski definition) is 2. The fourth-order valence-electron chi connectivity index (χ4n) is 2.66. The van der Waals surface area contributed by atoms with Gasteiger partial charge in [0.05, 0.1) is 35.1 Å². The molecule has 2 aromatic heterocycles. The van der Waals surface area contributed by atoms with Gasteiger partial charge in [0.1, 0.15) is 5.69 Å². The van der Waals surface area contributed by atoms with E-state index >= 15 is 0 Å². The van der Waals surface area contributed by atoms with Crippen LogP contribution in [0.4, 0.5) is 0 Å². The first-order chi connectivity index (χ1) is 13.7. The van der Waals surface area contributed by atoms with Crippen molar-refractivity contribution in [2.24, 2.45) is 0 Å². The zero-order valence-electron chi connectivity index (χ0n) is 15.5. The number of carbonyl (C=O) groups excluding carboxylic acids is 1. The highest BCUT2D eigenvalue weighted by molar-refractivity contribution is 7.90. The fourth-order valence-corrected chi connectivity index (χ4v) is 3.65. The van der Waals surface area contributed by atoms with Crippen LogP contribution in [0, 0.1) is 6.92 Å². The molecule has 0 saturated carbocycles. The first-order valence-corrected chi connectivity index (χ1v) is 10.2. The van der Waals surface area contributed by atoms with Crippen LogP contribution >= 0.6 is 0 Å². The zero-order chi connectivity index (χ0) is 21.2. The molecule has 0 bridgehead atoms. The summed E-state index contributed by atoms with van der Waals surface area (Å²) in [6.45, 7) is 1.67. The Morgan fingerprint density at radius 3 is 2.69 bits per heavy atom. The summed E-state index contributed by atoms with van der Waals surface area (Å²) < 4.78 is 24.9. The summed E-state index contributed by atoms with van der Waals surface area (Å²) in [5.41, 5.74) is 1.38. The monoisotopic (exact) mass is 415 g/mol. The number of carboxylic acids is 1. The maximum absolute atomic E-state index is 12.4. The van der Waals surface area contributed by atoms with Crippen molar-refractivity contribution in [1.29, 1.82) is 0 Å². The predicted octanol–water partition coefficient (Wildman–Crippen LogP) is 1.00. The number of nitrogens with zero attached hydrogens (tertiary/aromatic N) is 4. The number of pyridine rings is 1. The second-order valence-electron chi connectivity index (χ2n) is 6.29. The SMILES string of the molecule is Cc1ccc(C(=O)NCc2cn(-c3cnccc3C(=O)O)nn2)cc1S(C)(=O)=O. The molecule has 0 aliphatic carbocycles. The van der Waals surface area contributed by atoms with Gasteiger partial charge < -0.3 is 10.4 Å².